The summed E-state index contributed by atoms with van der Waals surface area (Å²) in [6.45, 7) is 4.97. The summed E-state index contributed by atoms with van der Waals surface area (Å²) in [5, 5.41) is -0.204. The Morgan fingerprint density at radius 3 is 1.89 bits per heavy atom. The van der Waals surface area contributed by atoms with Crippen LogP contribution >= 0.6 is 0 Å². The van der Waals surface area contributed by atoms with E-state index in [0.29, 0.717) is 18.8 Å². The zero-order chi connectivity index (χ0) is 25.0. The number of benzene rings is 4. The molecule has 0 unspecified atom stereocenters. The van der Waals surface area contributed by atoms with E-state index in [4.69, 9.17) is 11.5 Å². The second-order valence-electron chi connectivity index (χ2n) is 8.63. The highest BCUT2D eigenvalue weighted by Gasteiger charge is 2.26. The van der Waals surface area contributed by atoms with Crippen LogP contribution in [0, 0.1) is 0 Å². The van der Waals surface area contributed by atoms with Gasteiger partial charge in [0.05, 0.1) is 38.6 Å². The molecule has 5 aromatic rings. The van der Waals surface area contributed by atoms with Crippen molar-refractivity contribution in [3.63, 3.8) is 0 Å². The summed E-state index contributed by atoms with van der Waals surface area (Å²) in [4.78, 5) is 55.5. The van der Waals surface area contributed by atoms with Crippen molar-refractivity contribution in [1.82, 2.24) is 9.47 Å². The minimum absolute atomic E-state index is 0.132. The van der Waals surface area contributed by atoms with Crippen LogP contribution in [-0.4, -0.2) is 23.1 Å². The highest BCUT2D eigenvalue weighted by molar-refractivity contribution is 6.20. The van der Waals surface area contributed by atoms with Crippen molar-refractivity contribution in [3.05, 3.63) is 108 Å². The molecular formula is C27H22N4O4. The van der Waals surface area contributed by atoms with Gasteiger partial charge in [0.2, 0.25) is 0 Å². The molecule has 0 saturated carbocycles. The maximum absolute atomic E-state index is 13.5. The van der Waals surface area contributed by atoms with E-state index >= 15 is 0 Å². The summed E-state index contributed by atoms with van der Waals surface area (Å²) in [6.07, 6.45) is 1.78. The predicted molar refractivity (Wildman–Crippen MR) is 141 cm³/mol. The lowest BCUT2D eigenvalue weighted by Crippen LogP contribution is -2.24. The third-order valence-electron chi connectivity index (χ3n) is 6.34. The van der Waals surface area contributed by atoms with Gasteiger partial charge >= 0.3 is 0 Å². The van der Waals surface area contributed by atoms with E-state index in [-0.39, 0.29) is 43.7 Å². The average molecular weight is 466 g/mol. The first-order valence-electron chi connectivity index (χ1n) is 11.0. The van der Waals surface area contributed by atoms with Crippen molar-refractivity contribution in [2.75, 3.05) is 25.1 Å². The Bertz CT molecular complexity index is 1790. The van der Waals surface area contributed by atoms with E-state index in [1.54, 1.807) is 36.4 Å². The summed E-state index contributed by atoms with van der Waals surface area (Å²) >= 11 is 0. The number of nitrogens with two attached hydrogens (primary N) is 2. The molecule has 0 bridgehead atoms. The van der Waals surface area contributed by atoms with Crippen molar-refractivity contribution in [2.24, 2.45) is 0 Å². The van der Waals surface area contributed by atoms with Gasteiger partial charge in [-0.25, -0.2) is 4.57 Å². The molecule has 0 fully saturated rings. The maximum atomic E-state index is 13.5. The van der Waals surface area contributed by atoms with Crippen molar-refractivity contribution < 1.29 is 0 Å². The normalized spacial score (nSPS) is 11.7. The first-order chi connectivity index (χ1) is 16.8. The quantitative estimate of drug-likeness (QED) is 0.176. The van der Waals surface area contributed by atoms with Crippen LogP contribution in [0.3, 0.4) is 0 Å². The van der Waals surface area contributed by atoms with Gasteiger partial charge in [0.1, 0.15) is 0 Å². The Kier molecular flexibility index (Phi) is 5.11. The number of likely N-dealkylation sites (N-methyl/N-ethyl adjacent to an activating group) is 1. The number of fused-ring (bicyclic) bond motifs is 3. The van der Waals surface area contributed by atoms with Crippen molar-refractivity contribution in [2.45, 2.75) is 6.54 Å². The number of anilines is 2. The molecule has 0 atom stereocenters. The number of nitrogen functional groups attached to an aromatic ring is 2. The minimum Gasteiger partial charge on any atom is -0.397 e. The summed E-state index contributed by atoms with van der Waals surface area (Å²) in [5.74, 6) is 0. The summed E-state index contributed by atoms with van der Waals surface area (Å²) in [7, 11) is 1.92. The van der Waals surface area contributed by atoms with Crippen LogP contribution < -0.4 is 33.4 Å². The standard InChI is InChI=1S/C27H22N4O4/c1-3-11-30(2)13-14-7-6-8-15(12-14)31-26(34)20-21(27(31)35)23(29)19-18(22(20)28)24(32)16-9-4-5-10-17(16)25(19)33/h3-10,12H,1,11,13,28-29H2,2H3. The number of nitrogens with zero attached hydrogens (tertiary/aromatic N) is 2. The smallest absolute Gasteiger partial charge is 0.268 e. The molecule has 1 aromatic heterocycles. The van der Waals surface area contributed by atoms with Gasteiger partial charge in [0.15, 0.2) is 10.9 Å². The van der Waals surface area contributed by atoms with Gasteiger partial charge in [0, 0.05) is 23.9 Å². The van der Waals surface area contributed by atoms with Crippen LogP contribution in [-0.2, 0) is 6.54 Å². The van der Waals surface area contributed by atoms with E-state index < -0.39 is 22.0 Å². The predicted octanol–water partition coefficient (Wildman–Crippen LogP) is 2.04. The summed E-state index contributed by atoms with van der Waals surface area (Å²) < 4.78 is 0.988. The lowest BCUT2D eigenvalue weighted by atomic mass is 9.97. The molecule has 1 heterocycles. The molecule has 8 heteroatoms. The third kappa shape index (κ3) is 3.18. The van der Waals surface area contributed by atoms with Crippen LogP contribution in [0.4, 0.5) is 11.4 Å². The van der Waals surface area contributed by atoms with Gasteiger partial charge in [0.25, 0.3) is 11.1 Å². The fraction of sp³-hybridized carbons (Fsp3) is 0.111. The Hall–Kier alpha value is -4.56. The van der Waals surface area contributed by atoms with E-state index in [1.807, 2.05) is 18.0 Å². The van der Waals surface area contributed by atoms with Crippen LogP contribution in [0.5, 0.6) is 0 Å². The van der Waals surface area contributed by atoms with Crippen LogP contribution in [0.1, 0.15) is 5.56 Å². The number of hydrogen-bond donors (Lipinski definition) is 2. The minimum atomic E-state index is -0.687. The molecule has 8 nitrogen and oxygen atoms in total. The monoisotopic (exact) mass is 466 g/mol. The largest absolute Gasteiger partial charge is 0.397 e. The lowest BCUT2D eigenvalue weighted by Gasteiger charge is -2.14. The highest BCUT2D eigenvalue weighted by Crippen LogP contribution is 2.31. The van der Waals surface area contributed by atoms with E-state index in [1.165, 1.54) is 12.1 Å². The van der Waals surface area contributed by atoms with Gasteiger partial charge in [-0.15, -0.1) is 6.58 Å². The Balaban J connectivity index is 1.87. The molecule has 0 amide bonds. The SMILES string of the molecule is C=CCN(C)Cc1cccc(-n2c(=O)c3c(N)c4c(=O)c5ccccc5c(=O)c4c(N)c3c2=O)c1. The molecule has 35 heavy (non-hydrogen) atoms. The van der Waals surface area contributed by atoms with Gasteiger partial charge in [-0.1, -0.05) is 42.5 Å². The van der Waals surface area contributed by atoms with Crippen LogP contribution in [0.25, 0.3) is 38.0 Å². The molecule has 0 aliphatic rings. The molecule has 0 spiro atoms. The molecule has 0 radical (unpaired) electrons. The fourth-order valence-electron chi connectivity index (χ4n) is 4.79. The zero-order valence-electron chi connectivity index (χ0n) is 19.0. The fourth-order valence-corrected chi connectivity index (χ4v) is 4.79. The third-order valence-corrected chi connectivity index (χ3v) is 6.34. The summed E-state index contributed by atoms with van der Waals surface area (Å²) in [6, 6.07) is 13.3. The van der Waals surface area contributed by atoms with E-state index in [9.17, 15) is 19.2 Å². The molecule has 5 rings (SSSR count). The first-order valence-corrected chi connectivity index (χ1v) is 11.0. The Morgan fingerprint density at radius 1 is 0.829 bits per heavy atom. The molecule has 0 aliphatic carbocycles. The van der Waals surface area contributed by atoms with E-state index in [2.05, 4.69) is 6.58 Å². The molecule has 4 N–H and O–H groups in total. The molecule has 174 valence electrons. The van der Waals surface area contributed by atoms with Crippen molar-refractivity contribution in [1.29, 1.82) is 0 Å². The molecule has 0 aliphatic heterocycles. The molecular weight excluding hydrogens is 444 g/mol. The lowest BCUT2D eigenvalue weighted by molar-refractivity contribution is 0.363. The Morgan fingerprint density at radius 2 is 1.37 bits per heavy atom. The van der Waals surface area contributed by atoms with Gasteiger partial charge in [-0.05, 0) is 24.7 Å². The maximum Gasteiger partial charge on any atom is 0.268 e. The number of hydrogen-bond acceptors (Lipinski definition) is 7. The second kappa shape index (κ2) is 8.03. The van der Waals surface area contributed by atoms with Crippen molar-refractivity contribution >= 4 is 43.7 Å². The molecule has 0 saturated heterocycles. The second-order valence-corrected chi connectivity index (χ2v) is 8.63. The van der Waals surface area contributed by atoms with E-state index in [0.717, 1.165) is 10.1 Å². The van der Waals surface area contributed by atoms with Gasteiger partial charge in [-0.2, -0.15) is 0 Å². The van der Waals surface area contributed by atoms with Crippen molar-refractivity contribution in [3.8, 4) is 5.69 Å². The van der Waals surface area contributed by atoms with Crippen LogP contribution in [0.2, 0.25) is 0 Å². The van der Waals surface area contributed by atoms with Gasteiger partial charge in [-0.3, -0.25) is 24.1 Å². The number of aromatic nitrogens is 1. The Labute approximate surface area is 198 Å². The topological polar surface area (TPSA) is 128 Å². The average Bonchev–Trinajstić information content (AvgIpc) is 3.10. The summed E-state index contributed by atoms with van der Waals surface area (Å²) in [5.41, 5.74) is 11.0. The first kappa shape index (κ1) is 22.2. The van der Waals surface area contributed by atoms with Crippen LogP contribution in [0.15, 0.2) is 80.4 Å². The van der Waals surface area contributed by atoms with Gasteiger partial charge < -0.3 is 11.5 Å². The zero-order valence-corrected chi connectivity index (χ0v) is 19.0. The number of rotatable bonds is 5. The molecule has 4 aromatic carbocycles. The highest BCUT2D eigenvalue weighted by atomic mass is 16.2.